The molecule has 0 aromatic heterocycles. The number of benzene rings is 1. The maximum absolute atomic E-state index is 11.8. The second-order valence-corrected chi connectivity index (χ2v) is 4.04. The molecule has 0 heterocycles. The maximum Gasteiger partial charge on any atom is 0.251 e. The van der Waals surface area contributed by atoms with Gasteiger partial charge in [0.1, 0.15) is 5.75 Å². The van der Waals surface area contributed by atoms with Crippen LogP contribution in [-0.4, -0.2) is 43.9 Å². The van der Waals surface area contributed by atoms with E-state index in [9.17, 15) is 4.79 Å². The van der Waals surface area contributed by atoms with Crippen LogP contribution in [0.15, 0.2) is 24.3 Å². The molecule has 0 saturated heterocycles. The van der Waals surface area contributed by atoms with Crippen molar-refractivity contribution in [1.29, 1.82) is 0 Å². The lowest BCUT2D eigenvalue weighted by Crippen LogP contribution is -2.34. The first-order valence-corrected chi connectivity index (χ1v) is 5.94. The van der Waals surface area contributed by atoms with Crippen LogP contribution >= 0.6 is 0 Å². The van der Waals surface area contributed by atoms with Gasteiger partial charge in [-0.2, -0.15) is 0 Å². The Kier molecular flexibility index (Phi) is 6.18. The second kappa shape index (κ2) is 7.68. The van der Waals surface area contributed by atoms with Crippen LogP contribution in [0.25, 0.3) is 0 Å². The molecule has 5 nitrogen and oxygen atoms in total. The molecule has 0 bridgehead atoms. The predicted octanol–water partition coefficient (Wildman–Crippen LogP) is 0.395. The highest BCUT2D eigenvalue weighted by Crippen LogP contribution is 2.11. The molecular weight excluding hydrogens is 232 g/mol. The van der Waals surface area contributed by atoms with Crippen molar-refractivity contribution in [2.24, 2.45) is 0 Å². The number of amides is 1. The summed E-state index contributed by atoms with van der Waals surface area (Å²) in [5, 5.41) is 14.8. The van der Waals surface area contributed by atoms with Crippen molar-refractivity contribution in [2.75, 3.05) is 26.7 Å². The van der Waals surface area contributed by atoms with Gasteiger partial charge in [0.2, 0.25) is 0 Å². The number of nitrogens with one attached hydrogen (secondary N) is 2. The van der Waals surface area contributed by atoms with E-state index in [4.69, 9.17) is 9.84 Å². The monoisotopic (exact) mass is 252 g/mol. The summed E-state index contributed by atoms with van der Waals surface area (Å²) in [6.07, 6.45) is -0.376. The molecule has 1 aromatic rings. The molecule has 1 atom stereocenters. The standard InChI is InChI=1S/C13H20N2O3/c1-10(16)9-14-6-7-15-13(17)11-4-3-5-12(8-11)18-2/h3-5,8,10,14,16H,6-7,9H2,1-2H3,(H,15,17). The molecule has 1 aromatic carbocycles. The minimum atomic E-state index is -0.376. The molecular formula is C13H20N2O3. The van der Waals surface area contributed by atoms with Crippen molar-refractivity contribution >= 4 is 5.91 Å². The molecule has 1 amide bonds. The Morgan fingerprint density at radius 1 is 1.44 bits per heavy atom. The Hall–Kier alpha value is -1.59. The lowest BCUT2D eigenvalue weighted by Gasteiger charge is -2.08. The first-order valence-electron chi connectivity index (χ1n) is 5.94. The molecule has 0 radical (unpaired) electrons. The third-order valence-electron chi connectivity index (χ3n) is 2.36. The number of hydrogen-bond donors (Lipinski definition) is 3. The van der Waals surface area contributed by atoms with Gasteiger partial charge in [-0.1, -0.05) is 6.07 Å². The Balaban J connectivity index is 2.31. The van der Waals surface area contributed by atoms with Crippen molar-refractivity contribution in [2.45, 2.75) is 13.0 Å². The first kappa shape index (κ1) is 14.5. The van der Waals surface area contributed by atoms with Gasteiger partial charge in [0.25, 0.3) is 5.91 Å². The van der Waals surface area contributed by atoms with Gasteiger partial charge in [0, 0.05) is 25.2 Å². The van der Waals surface area contributed by atoms with Crippen molar-refractivity contribution in [3.05, 3.63) is 29.8 Å². The van der Waals surface area contributed by atoms with Crippen molar-refractivity contribution < 1.29 is 14.6 Å². The van der Waals surface area contributed by atoms with E-state index in [0.717, 1.165) is 0 Å². The lowest BCUT2D eigenvalue weighted by atomic mass is 10.2. The van der Waals surface area contributed by atoms with Gasteiger partial charge < -0.3 is 20.5 Å². The maximum atomic E-state index is 11.8. The molecule has 0 aliphatic rings. The highest BCUT2D eigenvalue weighted by Gasteiger charge is 2.05. The molecule has 0 spiro atoms. The van der Waals surface area contributed by atoms with Crippen LogP contribution in [0, 0.1) is 0 Å². The van der Waals surface area contributed by atoms with Gasteiger partial charge in [-0.15, -0.1) is 0 Å². The van der Waals surface area contributed by atoms with E-state index in [1.54, 1.807) is 38.3 Å². The normalized spacial score (nSPS) is 11.9. The molecule has 100 valence electrons. The zero-order chi connectivity index (χ0) is 13.4. The summed E-state index contributed by atoms with van der Waals surface area (Å²) in [5.74, 6) is 0.530. The predicted molar refractivity (Wildman–Crippen MR) is 69.9 cm³/mol. The third kappa shape index (κ3) is 5.16. The van der Waals surface area contributed by atoms with Gasteiger partial charge in [0.15, 0.2) is 0 Å². The molecule has 3 N–H and O–H groups in total. The van der Waals surface area contributed by atoms with Crippen molar-refractivity contribution in [1.82, 2.24) is 10.6 Å². The van der Waals surface area contributed by atoms with Crippen LogP contribution in [-0.2, 0) is 0 Å². The van der Waals surface area contributed by atoms with E-state index in [0.29, 0.717) is 30.9 Å². The summed E-state index contributed by atoms with van der Waals surface area (Å²) in [4.78, 5) is 11.8. The van der Waals surface area contributed by atoms with Crippen LogP contribution in [0.2, 0.25) is 0 Å². The average Bonchev–Trinajstić information content (AvgIpc) is 2.37. The minimum absolute atomic E-state index is 0.132. The molecule has 1 rings (SSSR count). The molecule has 0 fully saturated rings. The summed E-state index contributed by atoms with van der Waals surface area (Å²) in [6, 6.07) is 7.00. The van der Waals surface area contributed by atoms with Gasteiger partial charge in [-0.05, 0) is 25.1 Å². The highest BCUT2D eigenvalue weighted by atomic mass is 16.5. The number of methoxy groups -OCH3 is 1. The highest BCUT2D eigenvalue weighted by molar-refractivity contribution is 5.94. The first-order chi connectivity index (χ1) is 8.63. The Morgan fingerprint density at radius 3 is 2.89 bits per heavy atom. The SMILES string of the molecule is COc1cccc(C(=O)NCCNCC(C)O)c1. The van der Waals surface area contributed by atoms with Gasteiger partial charge in [-0.3, -0.25) is 4.79 Å². The van der Waals surface area contributed by atoms with Gasteiger partial charge in [-0.25, -0.2) is 0 Å². The number of aliphatic hydroxyl groups excluding tert-OH is 1. The van der Waals surface area contributed by atoms with E-state index in [-0.39, 0.29) is 12.0 Å². The van der Waals surface area contributed by atoms with Crippen molar-refractivity contribution in [3.8, 4) is 5.75 Å². The van der Waals surface area contributed by atoms with Crippen molar-refractivity contribution in [3.63, 3.8) is 0 Å². The van der Waals surface area contributed by atoms with E-state index < -0.39 is 0 Å². The Labute approximate surface area is 107 Å². The summed E-state index contributed by atoms with van der Waals surface area (Å²) < 4.78 is 5.05. The molecule has 5 heteroatoms. The van der Waals surface area contributed by atoms with Gasteiger partial charge in [0.05, 0.1) is 13.2 Å². The number of carbonyl (C=O) groups is 1. The number of carbonyl (C=O) groups excluding carboxylic acids is 1. The molecule has 0 aliphatic heterocycles. The zero-order valence-corrected chi connectivity index (χ0v) is 10.8. The fourth-order valence-electron chi connectivity index (χ4n) is 1.44. The quantitative estimate of drug-likeness (QED) is 0.614. The lowest BCUT2D eigenvalue weighted by molar-refractivity contribution is 0.0953. The summed E-state index contributed by atoms with van der Waals surface area (Å²) >= 11 is 0. The fourth-order valence-corrected chi connectivity index (χ4v) is 1.44. The average molecular weight is 252 g/mol. The topological polar surface area (TPSA) is 70.6 Å². The largest absolute Gasteiger partial charge is 0.497 e. The Bertz CT molecular complexity index is 380. The van der Waals surface area contributed by atoms with E-state index in [1.165, 1.54) is 0 Å². The molecule has 0 aliphatic carbocycles. The summed E-state index contributed by atoms with van der Waals surface area (Å²) in [7, 11) is 1.57. The number of rotatable bonds is 7. The second-order valence-electron chi connectivity index (χ2n) is 4.04. The number of ether oxygens (including phenoxy) is 1. The molecule has 1 unspecified atom stereocenters. The minimum Gasteiger partial charge on any atom is -0.497 e. The van der Waals surface area contributed by atoms with Crippen LogP contribution in [0.3, 0.4) is 0 Å². The molecule has 18 heavy (non-hydrogen) atoms. The van der Waals surface area contributed by atoms with Crippen LogP contribution in [0.1, 0.15) is 17.3 Å². The van der Waals surface area contributed by atoms with Gasteiger partial charge >= 0.3 is 0 Å². The van der Waals surface area contributed by atoms with Crippen LogP contribution < -0.4 is 15.4 Å². The van der Waals surface area contributed by atoms with E-state index >= 15 is 0 Å². The summed E-state index contributed by atoms with van der Waals surface area (Å²) in [5.41, 5.74) is 0.574. The van der Waals surface area contributed by atoms with Crippen LogP contribution in [0.5, 0.6) is 5.75 Å². The summed E-state index contributed by atoms with van der Waals surface area (Å²) in [6.45, 7) is 3.38. The molecule has 0 saturated carbocycles. The zero-order valence-electron chi connectivity index (χ0n) is 10.8. The Morgan fingerprint density at radius 2 is 2.22 bits per heavy atom. The fraction of sp³-hybridized carbons (Fsp3) is 0.462. The number of hydrogen-bond acceptors (Lipinski definition) is 4. The van der Waals surface area contributed by atoms with Crippen LogP contribution in [0.4, 0.5) is 0 Å². The number of aliphatic hydroxyl groups is 1. The van der Waals surface area contributed by atoms with E-state index in [2.05, 4.69) is 10.6 Å². The smallest absolute Gasteiger partial charge is 0.251 e. The van der Waals surface area contributed by atoms with E-state index in [1.807, 2.05) is 0 Å². The third-order valence-corrected chi connectivity index (χ3v) is 2.36.